The van der Waals surface area contributed by atoms with Gasteiger partial charge in [-0.25, -0.2) is 13.1 Å². The van der Waals surface area contributed by atoms with Gasteiger partial charge in [0.2, 0.25) is 10.0 Å². The average molecular weight is 324 g/mol. The molecule has 0 heterocycles. The van der Waals surface area contributed by atoms with Crippen molar-refractivity contribution in [2.24, 2.45) is 23.7 Å². The van der Waals surface area contributed by atoms with Crippen molar-refractivity contribution in [3.8, 4) is 0 Å². The van der Waals surface area contributed by atoms with Crippen LogP contribution in [-0.4, -0.2) is 14.5 Å². The van der Waals surface area contributed by atoms with E-state index in [2.05, 4.69) is 32.4 Å². The largest absolute Gasteiger partial charge is 0.240 e. The second-order valence-electron chi connectivity index (χ2n) is 7.26. The van der Waals surface area contributed by atoms with Gasteiger partial charge < -0.3 is 0 Å². The van der Waals surface area contributed by atoms with Gasteiger partial charge in [0.05, 0.1) is 4.90 Å². The Labute approximate surface area is 135 Å². The van der Waals surface area contributed by atoms with E-state index in [4.69, 9.17) is 0 Å². The zero-order chi connectivity index (χ0) is 16.3. The Morgan fingerprint density at radius 1 is 0.955 bits per heavy atom. The first-order valence-electron chi connectivity index (χ1n) is 8.38. The van der Waals surface area contributed by atoms with Crippen LogP contribution in [0, 0.1) is 23.7 Å². The van der Waals surface area contributed by atoms with Crippen molar-refractivity contribution in [1.82, 2.24) is 4.72 Å². The lowest BCUT2D eigenvalue weighted by Gasteiger charge is -2.40. The minimum atomic E-state index is -3.40. The maximum atomic E-state index is 12.5. The van der Waals surface area contributed by atoms with Crippen molar-refractivity contribution in [2.45, 2.75) is 57.9 Å². The molecule has 0 saturated heterocycles. The molecule has 2 rings (SSSR count). The lowest BCUT2D eigenvalue weighted by molar-refractivity contribution is 0.119. The summed E-state index contributed by atoms with van der Waals surface area (Å²) >= 11 is 0. The standard InChI is InChI=1S/C18H29NO2S/c1-13(2)17-11-10-15(12-18(17)14(3)4)19-22(20,21)16-8-6-5-7-9-16/h5-9,13-15,17-19H,10-12H2,1-4H3. The third kappa shape index (κ3) is 4.11. The Morgan fingerprint density at radius 3 is 2.09 bits per heavy atom. The fourth-order valence-electron chi connectivity index (χ4n) is 3.82. The molecule has 0 spiro atoms. The zero-order valence-corrected chi connectivity index (χ0v) is 14.9. The molecule has 1 aliphatic rings. The summed E-state index contributed by atoms with van der Waals surface area (Å²) < 4.78 is 27.9. The molecule has 1 N–H and O–H groups in total. The summed E-state index contributed by atoms with van der Waals surface area (Å²) in [5.74, 6) is 2.56. The Bertz CT molecular complexity index is 566. The van der Waals surface area contributed by atoms with E-state index in [1.54, 1.807) is 24.3 Å². The van der Waals surface area contributed by atoms with Crippen molar-refractivity contribution < 1.29 is 8.42 Å². The van der Waals surface area contributed by atoms with Gasteiger partial charge in [-0.2, -0.15) is 0 Å². The normalized spacial score (nSPS) is 26.5. The van der Waals surface area contributed by atoms with Crippen LogP contribution in [0.4, 0.5) is 0 Å². The summed E-state index contributed by atoms with van der Waals surface area (Å²) in [4.78, 5) is 0.363. The molecule has 0 bridgehead atoms. The van der Waals surface area contributed by atoms with Gasteiger partial charge in [0.15, 0.2) is 0 Å². The number of nitrogens with one attached hydrogen (secondary N) is 1. The molecule has 3 unspecified atom stereocenters. The van der Waals surface area contributed by atoms with Gasteiger partial charge in [0.1, 0.15) is 0 Å². The summed E-state index contributed by atoms with van der Waals surface area (Å²) in [6.07, 6.45) is 3.01. The smallest absolute Gasteiger partial charge is 0.208 e. The molecule has 1 saturated carbocycles. The molecular weight excluding hydrogens is 294 g/mol. The second kappa shape index (κ2) is 7.14. The molecular formula is C18H29NO2S. The fraction of sp³-hybridized carbons (Fsp3) is 0.667. The molecule has 3 atom stereocenters. The first-order chi connectivity index (χ1) is 10.3. The maximum Gasteiger partial charge on any atom is 0.240 e. The Hall–Kier alpha value is -0.870. The van der Waals surface area contributed by atoms with Crippen LogP contribution in [0.2, 0.25) is 0 Å². The van der Waals surface area contributed by atoms with E-state index in [0.717, 1.165) is 19.3 Å². The third-order valence-corrected chi connectivity index (χ3v) is 6.58. The van der Waals surface area contributed by atoms with Gasteiger partial charge in [-0.3, -0.25) is 0 Å². The van der Waals surface area contributed by atoms with E-state index in [-0.39, 0.29) is 6.04 Å². The quantitative estimate of drug-likeness (QED) is 0.888. The summed E-state index contributed by atoms with van der Waals surface area (Å²) in [6.45, 7) is 9.09. The summed E-state index contributed by atoms with van der Waals surface area (Å²) in [5, 5.41) is 0. The first-order valence-corrected chi connectivity index (χ1v) is 9.87. The number of rotatable bonds is 5. The predicted molar refractivity (Wildman–Crippen MR) is 91.1 cm³/mol. The van der Waals surface area contributed by atoms with E-state index in [9.17, 15) is 8.42 Å². The van der Waals surface area contributed by atoms with Gasteiger partial charge in [-0.1, -0.05) is 45.9 Å². The topological polar surface area (TPSA) is 46.2 Å². The van der Waals surface area contributed by atoms with Crippen LogP contribution in [0.3, 0.4) is 0 Å². The highest BCUT2D eigenvalue weighted by Crippen LogP contribution is 2.39. The van der Waals surface area contributed by atoms with E-state index >= 15 is 0 Å². The van der Waals surface area contributed by atoms with Crippen LogP contribution in [0.25, 0.3) is 0 Å². The van der Waals surface area contributed by atoms with Crippen molar-refractivity contribution in [1.29, 1.82) is 0 Å². The summed E-state index contributed by atoms with van der Waals surface area (Å²) in [6, 6.07) is 8.74. The van der Waals surface area contributed by atoms with Crippen LogP contribution >= 0.6 is 0 Å². The van der Waals surface area contributed by atoms with E-state index in [1.807, 2.05) is 6.07 Å². The molecule has 22 heavy (non-hydrogen) atoms. The minimum absolute atomic E-state index is 0.0626. The van der Waals surface area contributed by atoms with Gasteiger partial charge >= 0.3 is 0 Å². The number of hydrogen-bond donors (Lipinski definition) is 1. The van der Waals surface area contributed by atoms with Crippen LogP contribution in [0.1, 0.15) is 47.0 Å². The zero-order valence-electron chi connectivity index (χ0n) is 14.1. The lowest BCUT2D eigenvalue weighted by Crippen LogP contribution is -2.43. The Morgan fingerprint density at radius 2 is 1.55 bits per heavy atom. The Balaban J connectivity index is 2.09. The van der Waals surface area contributed by atoms with Crippen molar-refractivity contribution in [3.63, 3.8) is 0 Å². The highest BCUT2D eigenvalue weighted by molar-refractivity contribution is 7.89. The lowest BCUT2D eigenvalue weighted by atomic mass is 9.68. The molecule has 3 nitrogen and oxygen atoms in total. The summed E-state index contributed by atoms with van der Waals surface area (Å²) in [5.41, 5.74) is 0. The van der Waals surface area contributed by atoms with E-state index in [0.29, 0.717) is 28.6 Å². The van der Waals surface area contributed by atoms with Gasteiger partial charge in [0.25, 0.3) is 0 Å². The maximum absolute atomic E-state index is 12.5. The number of hydrogen-bond acceptors (Lipinski definition) is 2. The van der Waals surface area contributed by atoms with Gasteiger partial charge in [0, 0.05) is 6.04 Å². The third-order valence-electron chi connectivity index (χ3n) is 5.04. The molecule has 124 valence electrons. The monoisotopic (exact) mass is 323 g/mol. The second-order valence-corrected chi connectivity index (χ2v) is 8.97. The number of sulfonamides is 1. The average Bonchev–Trinajstić information content (AvgIpc) is 2.47. The van der Waals surface area contributed by atoms with Crippen LogP contribution in [0.5, 0.6) is 0 Å². The molecule has 0 radical (unpaired) electrons. The molecule has 0 amide bonds. The van der Waals surface area contributed by atoms with Crippen LogP contribution < -0.4 is 4.72 Å². The van der Waals surface area contributed by atoms with Crippen molar-refractivity contribution in [3.05, 3.63) is 30.3 Å². The highest BCUT2D eigenvalue weighted by Gasteiger charge is 2.35. The fourth-order valence-corrected chi connectivity index (χ4v) is 5.12. The van der Waals surface area contributed by atoms with E-state index < -0.39 is 10.0 Å². The molecule has 4 heteroatoms. The molecule has 0 aromatic heterocycles. The summed E-state index contributed by atoms with van der Waals surface area (Å²) in [7, 11) is -3.40. The van der Waals surface area contributed by atoms with Crippen molar-refractivity contribution >= 4 is 10.0 Å². The molecule has 1 fully saturated rings. The van der Waals surface area contributed by atoms with Gasteiger partial charge in [-0.15, -0.1) is 0 Å². The number of benzene rings is 1. The predicted octanol–water partition coefficient (Wildman–Crippen LogP) is 4.06. The molecule has 1 aromatic rings. The SMILES string of the molecule is CC(C)C1CCC(NS(=O)(=O)c2ccccc2)CC1C(C)C. The minimum Gasteiger partial charge on any atom is -0.208 e. The van der Waals surface area contributed by atoms with Crippen molar-refractivity contribution in [2.75, 3.05) is 0 Å². The van der Waals surface area contributed by atoms with Gasteiger partial charge in [-0.05, 0) is 55.1 Å². The molecule has 1 aromatic carbocycles. The highest BCUT2D eigenvalue weighted by atomic mass is 32.2. The molecule has 1 aliphatic carbocycles. The molecule has 0 aliphatic heterocycles. The first kappa shape index (κ1) is 17.5. The van der Waals surface area contributed by atoms with E-state index in [1.165, 1.54) is 0 Å². The van der Waals surface area contributed by atoms with Crippen LogP contribution in [-0.2, 0) is 10.0 Å². The Kier molecular flexibility index (Phi) is 5.67. The van der Waals surface area contributed by atoms with Crippen LogP contribution in [0.15, 0.2) is 35.2 Å².